The van der Waals surface area contributed by atoms with Crippen molar-refractivity contribution >= 4 is 11.0 Å². The maximum absolute atomic E-state index is 9.48. The van der Waals surface area contributed by atoms with Crippen LogP contribution in [0.5, 0.6) is 5.75 Å². The smallest absolute Gasteiger partial charge is 0.116 e. The van der Waals surface area contributed by atoms with Crippen LogP contribution in [0.2, 0.25) is 0 Å². The molecular formula is C14H12N2O. The van der Waals surface area contributed by atoms with Gasteiger partial charge in [-0.2, -0.15) is 0 Å². The molecule has 0 saturated heterocycles. The fourth-order valence-corrected chi connectivity index (χ4v) is 1.99. The van der Waals surface area contributed by atoms with Crippen molar-refractivity contribution in [2.45, 2.75) is 0 Å². The molecule has 0 fully saturated rings. The third-order valence-electron chi connectivity index (χ3n) is 2.90. The molecule has 3 aromatic rings. The number of phenols is 1. The first-order chi connectivity index (χ1) is 8.24. The summed E-state index contributed by atoms with van der Waals surface area (Å²) in [5.41, 5.74) is 4.16. The maximum Gasteiger partial charge on any atom is 0.116 e. The zero-order chi connectivity index (χ0) is 11.8. The first-order valence-corrected chi connectivity index (χ1v) is 5.44. The SMILES string of the molecule is Cn1cnc2ccc(-c3cccc(O)c3)cc21. The van der Waals surface area contributed by atoms with Gasteiger partial charge in [-0.3, -0.25) is 0 Å². The summed E-state index contributed by atoms with van der Waals surface area (Å²) in [5.74, 6) is 0.285. The second kappa shape index (κ2) is 3.63. The van der Waals surface area contributed by atoms with E-state index >= 15 is 0 Å². The molecule has 0 aliphatic heterocycles. The molecule has 1 heterocycles. The third-order valence-corrected chi connectivity index (χ3v) is 2.90. The molecule has 1 aromatic heterocycles. The Labute approximate surface area is 99.0 Å². The lowest BCUT2D eigenvalue weighted by molar-refractivity contribution is 0.475. The molecule has 0 amide bonds. The lowest BCUT2D eigenvalue weighted by atomic mass is 10.0. The van der Waals surface area contributed by atoms with E-state index in [9.17, 15) is 5.11 Å². The van der Waals surface area contributed by atoms with Crippen LogP contribution in [0.15, 0.2) is 48.8 Å². The van der Waals surface area contributed by atoms with Crippen LogP contribution in [0.1, 0.15) is 0 Å². The molecule has 0 atom stereocenters. The summed E-state index contributed by atoms with van der Waals surface area (Å²) in [7, 11) is 1.97. The van der Waals surface area contributed by atoms with Crippen LogP contribution in [0.25, 0.3) is 22.2 Å². The van der Waals surface area contributed by atoms with Crippen molar-refractivity contribution in [3.63, 3.8) is 0 Å². The molecule has 3 heteroatoms. The van der Waals surface area contributed by atoms with E-state index < -0.39 is 0 Å². The lowest BCUT2D eigenvalue weighted by Gasteiger charge is -2.03. The molecule has 0 aliphatic carbocycles. The van der Waals surface area contributed by atoms with Gasteiger partial charge in [0.15, 0.2) is 0 Å². The van der Waals surface area contributed by atoms with Crippen molar-refractivity contribution in [2.75, 3.05) is 0 Å². The lowest BCUT2D eigenvalue weighted by Crippen LogP contribution is -1.84. The van der Waals surface area contributed by atoms with Crippen LogP contribution < -0.4 is 0 Å². The number of benzene rings is 2. The summed E-state index contributed by atoms with van der Waals surface area (Å²) in [5, 5.41) is 9.48. The Morgan fingerprint density at radius 1 is 1.06 bits per heavy atom. The summed E-state index contributed by atoms with van der Waals surface area (Å²) in [4.78, 5) is 4.28. The Balaban J connectivity index is 2.20. The standard InChI is InChI=1S/C14H12N2O/c1-16-9-15-13-6-5-11(8-14(13)16)10-3-2-4-12(17)7-10/h2-9,17H,1H3. The van der Waals surface area contributed by atoms with Gasteiger partial charge in [0.1, 0.15) is 5.75 Å². The highest BCUT2D eigenvalue weighted by atomic mass is 16.3. The molecule has 0 unspecified atom stereocenters. The highest BCUT2D eigenvalue weighted by Crippen LogP contribution is 2.26. The van der Waals surface area contributed by atoms with Crippen molar-refractivity contribution in [2.24, 2.45) is 7.05 Å². The third kappa shape index (κ3) is 1.65. The Morgan fingerprint density at radius 3 is 2.71 bits per heavy atom. The predicted molar refractivity (Wildman–Crippen MR) is 67.8 cm³/mol. The zero-order valence-corrected chi connectivity index (χ0v) is 9.46. The zero-order valence-electron chi connectivity index (χ0n) is 9.46. The molecule has 2 aromatic carbocycles. The van der Waals surface area contributed by atoms with E-state index in [0.29, 0.717) is 0 Å². The second-order valence-electron chi connectivity index (χ2n) is 4.11. The Bertz CT molecular complexity index is 686. The largest absolute Gasteiger partial charge is 0.508 e. The average Bonchev–Trinajstić information content (AvgIpc) is 2.71. The molecule has 17 heavy (non-hydrogen) atoms. The number of nitrogens with zero attached hydrogens (tertiary/aromatic N) is 2. The summed E-state index contributed by atoms with van der Waals surface area (Å²) in [6.07, 6.45) is 1.80. The van der Waals surface area contributed by atoms with E-state index in [-0.39, 0.29) is 5.75 Å². The van der Waals surface area contributed by atoms with Gasteiger partial charge in [0.05, 0.1) is 17.4 Å². The van der Waals surface area contributed by atoms with Crippen LogP contribution in [0, 0.1) is 0 Å². The van der Waals surface area contributed by atoms with E-state index in [1.807, 2.05) is 35.9 Å². The summed E-state index contributed by atoms with van der Waals surface area (Å²) in [6.45, 7) is 0. The number of phenolic OH excluding ortho intramolecular Hbond substituents is 1. The molecular weight excluding hydrogens is 212 g/mol. The van der Waals surface area contributed by atoms with Gasteiger partial charge in [-0.05, 0) is 35.4 Å². The summed E-state index contributed by atoms with van der Waals surface area (Å²) < 4.78 is 1.99. The van der Waals surface area contributed by atoms with Crippen LogP contribution in [-0.4, -0.2) is 14.7 Å². The quantitative estimate of drug-likeness (QED) is 0.690. The number of fused-ring (bicyclic) bond motifs is 1. The van der Waals surface area contributed by atoms with E-state index in [0.717, 1.165) is 22.2 Å². The molecule has 0 bridgehead atoms. The molecule has 3 nitrogen and oxygen atoms in total. The topological polar surface area (TPSA) is 38.0 Å². The fourth-order valence-electron chi connectivity index (χ4n) is 1.99. The molecule has 84 valence electrons. The highest BCUT2D eigenvalue weighted by Gasteiger charge is 2.03. The van der Waals surface area contributed by atoms with Crippen molar-refractivity contribution in [1.29, 1.82) is 0 Å². The number of aromatic hydroxyl groups is 1. The minimum Gasteiger partial charge on any atom is -0.508 e. The van der Waals surface area contributed by atoms with Gasteiger partial charge in [0.2, 0.25) is 0 Å². The van der Waals surface area contributed by atoms with Crippen LogP contribution in [-0.2, 0) is 7.05 Å². The maximum atomic E-state index is 9.48. The molecule has 0 radical (unpaired) electrons. The number of hydrogen-bond donors (Lipinski definition) is 1. The van der Waals surface area contributed by atoms with Crippen LogP contribution >= 0.6 is 0 Å². The molecule has 0 saturated carbocycles. The summed E-state index contributed by atoms with van der Waals surface area (Å²) >= 11 is 0. The van der Waals surface area contributed by atoms with E-state index in [1.165, 1.54) is 0 Å². The number of hydrogen-bond acceptors (Lipinski definition) is 2. The Kier molecular flexibility index (Phi) is 2.11. The Morgan fingerprint density at radius 2 is 1.88 bits per heavy atom. The van der Waals surface area contributed by atoms with Gasteiger partial charge in [-0.25, -0.2) is 4.98 Å². The van der Waals surface area contributed by atoms with Gasteiger partial charge in [0.25, 0.3) is 0 Å². The molecule has 0 spiro atoms. The Hall–Kier alpha value is -2.29. The van der Waals surface area contributed by atoms with Crippen LogP contribution in [0.3, 0.4) is 0 Å². The van der Waals surface area contributed by atoms with Gasteiger partial charge < -0.3 is 9.67 Å². The minimum absolute atomic E-state index is 0.285. The minimum atomic E-state index is 0.285. The van der Waals surface area contributed by atoms with Gasteiger partial charge in [-0.15, -0.1) is 0 Å². The van der Waals surface area contributed by atoms with Crippen molar-refractivity contribution < 1.29 is 5.11 Å². The van der Waals surface area contributed by atoms with Gasteiger partial charge in [-0.1, -0.05) is 18.2 Å². The van der Waals surface area contributed by atoms with Crippen molar-refractivity contribution in [1.82, 2.24) is 9.55 Å². The predicted octanol–water partition coefficient (Wildman–Crippen LogP) is 2.95. The number of aryl methyl sites for hydroxylation is 1. The molecule has 1 N–H and O–H groups in total. The first-order valence-electron chi connectivity index (χ1n) is 5.44. The molecule has 3 rings (SSSR count). The van der Waals surface area contributed by atoms with Crippen molar-refractivity contribution in [3.05, 3.63) is 48.8 Å². The van der Waals surface area contributed by atoms with E-state index in [2.05, 4.69) is 11.1 Å². The summed E-state index contributed by atoms with van der Waals surface area (Å²) in [6, 6.07) is 13.4. The highest BCUT2D eigenvalue weighted by molar-refractivity contribution is 5.82. The first kappa shape index (κ1) is 9.90. The molecule has 0 aliphatic rings. The number of imidazole rings is 1. The fraction of sp³-hybridized carbons (Fsp3) is 0.0714. The number of aromatic nitrogens is 2. The monoisotopic (exact) mass is 224 g/mol. The average molecular weight is 224 g/mol. The van der Waals surface area contributed by atoms with Gasteiger partial charge >= 0.3 is 0 Å². The van der Waals surface area contributed by atoms with Gasteiger partial charge in [0, 0.05) is 7.05 Å². The number of rotatable bonds is 1. The van der Waals surface area contributed by atoms with Crippen molar-refractivity contribution in [3.8, 4) is 16.9 Å². The van der Waals surface area contributed by atoms with E-state index in [4.69, 9.17) is 0 Å². The normalized spacial score (nSPS) is 10.9. The van der Waals surface area contributed by atoms with E-state index in [1.54, 1.807) is 18.5 Å². The van der Waals surface area contributed by atoms with Crippen LogP contribution in [0.4, 0.5) is 0 Å². The second-order valence-corrected chi connectivity index (χ2v) is 4.11.